The smallest absolute Gasteiger partial charge is 0.0685 e. The van der Waals surface area contributed by atoms with E-state index in [1.54, 1.807) is 0 Å². The van der Waals surface area contributed by atoms with Crippen molar-refractivity contribution in [3.05, 3.63) is 42.1 Å². The molecule has 0 N–H and O–H groups in total. The third-order valence-electron chi connectivity index (χ3n) is 2.51. The molecule has 1 aromatic carbocycles. The van der Waals surface area contributed by atoms with Gasteiger partial charge in [-0.2, -0.15) is 5.10 Å². The van der Waals surface area contributed by atoms with Gasteiger partial charge >= 0.3 is 0 Å². The summed E-state index contributed by atoms with van der Waals surface area (Å²) in [5.41, 5.74) is 3.70. The van der Waals surface area contributed by atoms with Crippen LogP contribution in [0.4, 0.5) is 0 Å². The van der Waals surface area contributed by atoms with Gasteiger partial charge in [-0.15, -0.1) is 0 Å². The van der Waals surface area contributed by atoms with Crippen LogP contribution in [0.25, 0.3) is 11.3 Å². The van der Waals surface area contributed by atoms with Crippen molar-refractivity contribution in [3.8, 4) is 11.3 Å². The van der Waals surface area contributed by atoms with Crippen molar-refractivity contribution in [1.29, 1.82) is 0 Å². The minimum Gasteiger partial charge on any atom is -0.262 e. The number of rotatable bonds is 2. The Kier molecular flexibility index (Phi) is 2.58. The van der Waals surface area contributed by atoms with Gasteiger partial charge in [-0.25, -0.2) is 0 Å². The molecule has 0 atom stereocenters. The van der Waals surface area contributed by atoms with Gasteiger partial charge in [0.05, 0.1) is 5.69 Å². The lowest BCUT2D eigenvalue weighted by molar-refractivity contribution is 0.538. The second kappa shape index (κ2) is 3.89. The number of benzene rings is 1. The van der Waals surface area contributed by atoms with Crippen LogP contribution in [0, 0.1) is 6.92 Å². The Bertz CT molecular complexity index is 438. The molecular formula is C13H16N2. The van der Waals surface area contributed by atoms with E-state index in [2.05, 4.69) is 56.2 Å². The van der Waals surface area contributed by atoms with E-state index < -0.39 is 0 Å². The fraction of sp³-hybridized carbons (Fsp3) is 0.308. The molecule has 2 heteroatoms. The molecule has 0 fully saturated rings. The summed E-state index contributed by atoms with van der Waals surface area (Å²) in [7, 11) is 0. The topological polar surface area (TPSA) is 17.8 Å². The lowest BCUT2D eigenvalue weighted by Crippen LogP contribution is -2.04. The minimum atomic E-state index is 0.399. The molecule has 0 radical (unpaired) electrons. The zero-order valence-corrected chi connectivity index (χ0v) is 9.44. The molecule has 0 amide bonds. The Morgan fingerprint density at radius 1 is 1.07 bits per heavy atom. The van der Waals surface area contributed by atoms with Crippen LogP contribution in [0.5, 0.6) is 0 Å². The molecule has 1 aromatic heterocycles. The average Bonchev–Trinajstić information content (AvgIpc) is 2.67. The molecule has 78 valence electrons. The predicted octanol–water partition coefficient (Wildman–Crippen LogP) is 3.44. The fourth-order valence-electron chi connectivity index (χ4n) is 1.68. The molecule has 0 spiro atoms. The van der Waals surface area contributed by atoms with Gasteiger partial charge in [-0.3, -0.25) is 4.68 Å². The zero-order chi connectivity index (χ0) is 10.8. The van der Waals surface area contributed by atoms with E-state index in [1.807, 2.05) is 10.9 Å². The molecule has 0 bridgehead atoms. The standard InChI is InChI=1S/C13H16N2/c1-10(2)15-13(8-9-14-15)12-6-4-11(3)5-7-12/h4-10H,1-3H3. The Hall–Kier alpha value is -1.57. The van der Waals surface area contributed by atoms with Crippen LogP contribution in [-0.4, -0.2) is 9.78 Å². The van der Waals surface area contributed by atoms with E-state index in [0.29, 0.717) is 6.04 Å². The average molecular weight is 200 g/mol. The number of aromatic nitrogens is 2. The van der Waals surface area contributed by atoms with Crippen LogP contribution in [0.2, 0.25) is 0 Å². The number of hydrogen-bond acceptors (Lipinski definition) is 1. The van der Waals surface area contributed by atoms with E-state index in [1.165, 1.54) is 16.8 Å². The molecule has 0 saturated carbocycles. The lowest BCUT2D eigenvalue weighted by atomic mass is 10.1. The molecule has 0 aliphatic rings. The number of aryl methyl sites for hydroxylation is 1. The van der Waals surface area contributed by atoms with Gasteiger partial charge in [0.1, 0.15) is 0 Å². The SMILES string of the molecule is Cc1ccc(-c2ccnn2C(C)C)cc1. The highest BCUT2D eigenvalue weighted by Gasteiger charge is 2.07. The van der Waals surface area contributed by atoms with Gasteiger partial charge in [-0.1, -0.05) is 29.8 Å². The van der Waals surface area contributed by atoms with Gasteiger partial charge in [-0.05, 0) is 32.4 Å². The Labute approximate surface area is 90.6 Å². The fourth-order valence-corrected chi connectivity index (χ4v) is 1.68. The monoisotopic (exact) mass is 200 g/mol. The van der Waals surface area contributed by atoms with E-state index in [-0.39, 0.29) is 0 Å². The van der Waals surface area contributed by atoms with E-state index >= 15 is 0 Å². The van der Waals surface area contributed by atoms with Crippen molar-refractivity contribution in [2.75, 3.05) is 0 Å². The second-order valence-electron chi connectivity index (χ2n) is 4.12. The summed E-state index contributed by atoms with van der Waals surface area (Å²) in [6, 6.07) is 11.0. The Balaban J connectivity index is 2.45. The molecule has 2 nitrogen and oxygen atoms in total. The van der Waals surface area contributed by atoms with Gasteiger partial charge in [0.25, 0.3) is 0 Å². The molecule has 0 aliphatic carbocycles. The first-order chi connectivity index (χ1) is 7.18. The van der Waals surface area contributed by atoms with E-state index in [4.69, 9.17) is 0 Å². The number of nitrogens with zero attached hydrogens (tertiary/aromatic N) is 2. The zero-order valence-electron chi connectivity index (χ0n) is 9.44. The van der Waals surface area contributed by atoms with Crippen molar-refractivity contribution in [2.45, 2.75) is 26.8 Å². The summed E-state index contributed by atoms with van der Waals surface area (Å²) in [5.74, 6) is 0. The molecule has 1 heterocycles. The Morgan fingerprint density at radius 3 is 2.33 bits per heavy atom. The van der Waals surface area contributed by atoms with Gasteiger partial charge in [0.15, 0.2) is 0 Å². The first-order valence-electron chi connectivity index (χ1n) is 5.29. The molecule has 0 aliphatic heterocycles. The normalized spacial score (nSPS) is 10.9. The second-order valence-corrected chi connectivity index (χ2v) is 4.12. The van der Waals surface area contributed by atoms with Crippen LogP contribution in [0.1, 0.15) is 25.5 Å². The predicted molar refractivity (Wildman–Crippen MR) is 62.8 cm³/mol. The summed E-state index contributed by atoms with van der Waals surface area (Å²) >= 11 is 0. The van der Waals surface area contributed by atoms with Gasteiger partial charge in [0, 0.05) is 12.2 Å². The maximum Gasteiger partial charge on any atom is 0.0685 e. The highest BCUT2D eigenvalue weighted by atomic mass is 15.3. The number of hydrogen-bond donors (Lipinski definition) is 0. The summed E-state index contributed by atoms with van der Waals surface area (Å²) in [4.78, 5) is 0. The van der Waals surface area contributed by atoms with Crippen LogP contribution in [0.3, 0.4) is 0 Å². The summed E-state index contributed by atoms with van der Waals surface area (Å²) in [6.07, 6.45) is 1.86. The first-order valence-corrected chi connectivity index (χ1v) is 5.29. The molecule has 2 rings (SSSR count). The highest BCUT2D eigenvalue weighted by molar-refractivity contribution is 5.59. The lowest BCUT2D eigenvalue weighted by Gasteiger charge is -2.10. The van der Waals surface area contributed by atoms with Gasteiger partial charge < -0.3 is 0 Å². The van der Waals surface area contributed by atoms with E-state index in [0.717, 1.165) is 0 Å². The first kappa shape index (κ1) is 9.97. The third kappa shape index (κ3) is 1.94. The van der Waals surface area contributed by atoms with E-state index in [9.17, 15) is 0 Å². The quantitative estimate of drug-likeness (QED) is 0.726. The molecule has 2 aromatic rings. The molecule has 0 saturated heterocycles. The summed E-state index contributed by atoms with van der Waals surface area (Å²) in [6.45, 7) is 6.39. The van der Waals surface area contributed by atoms with Crippen LogP contribution in [0.15, 0.2) is 36.5 Å². The van der Waals surface area contributed by atoms with Crippen molar-refractivity contribution in [3.63, 3.8) is 0 Å². The van der Waals surface area contributed by atoms with Crippen molar-refractivity contribution >= 4 is 0 Å². The van der Waals surface area contributed by atoms with Crippen LogP contribution >= 0.6 is 0 Å². The third-order valence-corrected chi connectivity index (χ3v) is 2.51. The maximum absolute atomic E-state index is 4.33. The molecule has 0 unspecified atom stereocenters. The summed E-state index contributed by atoms with van der Waals surface area (Å²) < 4.78 is 2.05. The molecular weight excluding hydrogens is 184 g/mol. The maximum atomic E-state index is 4.33. The van der Waals surface area contributed by atoms with Gasteiger partial charge in [0.2, 0.25) is 0 Å². The van der Waals surface area contributed by atoms with Crippen molar-refractivity contribution in [1.82, 2.24) is 9.78 Å². The van der Waals surface area contributed by atoms with Crippen molar-refractivity contribution < 1.29 is 0 Å². The van der Waals surface area contributed by atoms with Crippen molar-refractivity contribution in [2.24, 2.45) is 0 Å². The van der Waals surface area contributed by atoms with Crippen LogP contribution in [-0.2, 0) is 0 Å². The van der Waals surface area contributed by atoms with Crippen LogP contribution < -0.4 is 0 Å². The largest absolute Gasteiger partial charge is 0.262 e. The highest BCUT2D eigenvalue weighted by Crippen LogP contribution is 2.21. The summed E-state index contributed by atoms with van der Waals surface area (Å²) in [5, 5.41) is 4.33. The minimum absolute atomic E-state index is 0.399. The molecule has 15 heavy (non-hydrogen) atoms. The Morgan fingerprint density at radius 2 is 1.73 bits per heavy atom.